The van der Waals surface area contributed by atoms with E-state index in [4.69, 9.17) is 9.63 Å². The van der Waals surface area contributed by atoms with E-state index < -0.39 is 5.97 Å². The summed E-state index contributed by atoms with van der Waals surface area (Å²) < 4.78 is 5.18. The Kier molecular flexibility index (Phi) is 4.13. The van der Waals surface area contributed by atoms with E-state index in [2.05, 4.69) is 10.1 Å². The molecule has 0 fully saturated rings. The maximum atomic E-state index is 11.1. The molecule has 2 aromatic rings. The molecule has 1 heterocycles. The Bertz CT molecular complexity index is 617. The summed E-state index contributed by atoms with van der Waals surface area (Å²) in [5, 5.41) is 13.1. The predicted octanol–water partition coefficient (Wildman–Crippen LogP) is 3.36. The number of carbonyl (C=O) groups is 1. The minimum Gasteiger partial charge on any atom is -0.478 e. The molecule has 0 amide bonds. The Balaban J connectivity index is 2.10. The van der Waals surface area contributed by atoms with E-state index >= 15 is 0 Å². The molecule has 0 spiro atoms. The number of aromatic carboxylic acids is 1. The second-order valence-electron chi connectivity index (χ2n) is 5.35. The van der Waals surface area contributed by atoms with E-state index in [1.54, 1.807) is 18.2 Å². The summed E-state index contributed by atoms with van der Waals surface area (Å²) in [6.45, 7) is 6.03. The lowest BCUT2D eigenvalue weighted by molar-refractivity contribution is 0.0693. The van der Waals surface area contributed by atoms with Gasteiger partial charge in [0.25, 0.3) is 0 Å². The van der Waals surface area contributed by atoms with Gasteiger partial charge in [0.1, 0.15) is 0 Å². The van der Waals surface area contributed by atoms with Gasteiger partial charge in [-0.25, -0.2) is 4.79 Å². The van der Waals surface area contributed by atoms with Gasteiger partial charge in [0.15, 0.2) is 5.82 Å². The van der Waals surface area contributed by atoms with E-state index in [1.807, 2.05) is 26.8 Å². The molecule has 6 heteroatoms. The van der Waals surface area contributed by atoms with Crippen LogP contribution >= 0.6 is 11.8 Å². The van der Waals surface area contributed by atoms with Gasteiger partial charge in [0, 0.05) is 10.3 Å². The molecule has 1 aromatic heterocycles. The van der Waals surface area contributed by atoms with Crippen LogP contribution in [0.3, 0.4) is 0 Å². The number of nitrogens with zero attached hydrogens (tertiary/aromatic N) is 2. The zero-order chi connectivity index (χ0) is 14.8. The fourth-order valence-electron chi connectivity index (χ4n) is 1.53. The lowest BCUT2D eigenvalue weighted by Crippen LogP contribution is -2.13. The minimum atomic E-state index is -0.936. The van der Waals surface area contributed by atoms with Crippen LogP contribution in [0.25, 0.3) is 0 Å². The van der Waals surface area contributed by atoms with E-state index in [0.29, 0.717) is 22.4 Å². The second-order valence-corrected chi connectivity index (χ2v) is 6.37. The van der Waals surface area contributed by atoms with Crippen LogP contribution in [0.4, 0.5) is 0 Å². The van der Waals surface area contributed by atoms with Crippen LogP contribution < -0.4 is 0 Å². The Morgan fingerprint density at radius 1 is 1.35 bits per heavy atom. The average molecular weight is 292 g/mol. The van der Waals surface area contributed by atoms with Crippen molar-refractivity contribution in [2.24, 2.45) is 0 Å². The molecule has 0 unspecified atom stereocenters. The summed E-state index contributed by atoms with van der Waals surface area (Å²) in [7, 11) is 0. The normalized spacial score (nSPS) is 11.6. The molecular weight excluding hydrogens is 276 g/mol. The van der Waals surface area contributed by atoms with E-state index in [0.717, 1.165) is 0 Å². The molecule has 0 aliphatic rings. The highest BCUT2D eigenvalue weighted by Crippen LogP contribution is 2.27. The maximum absolute atomic E-state index is 11.1. The predicted molar refractivity (Wildman–Crippen MR) is 76.0 cm³/mol. The number of hydrogen-bond acceptors (Lipinski definition) is 5. The highest BCUT2D eigenvalue weighted by molar-refractivity contribution is 7.98. The molecule has 1 aromatic carbocycles. The Morgan fingerprint density at radius 3 is 2.65 bits per heavy atom. The molecule has 20 heavy (non-hydrogen) atoms. The third-order valence-corrected chi connectivity index (χ3v) is 3.67. The molecule has 1 N–H and O–H groups in total. The molecule has 0 bridgehead atoms. The van der Waals surface area contributed by atoms with Crippen LogP contribution in [0.2, 0.25) is 0 Å². The Labute approximate surface area is 121 Å². The molecule has 0 radical (unpaired) electrons. The number of carboxylic acid groups (broad SMARTS) is 1. The summed E-state index contributed by atoms with van der Waals surface area (Å²) in [5.74, 6) is 0.668. The summed E-state index contributed by atoms with van der Waals surface area (Å²) in [4.78, 5) is 16.1. The van der Waals surface area contributed by atoms with Gasteiger partial charge in [-0.15, -0.1) is 11.8 Å². The van der Waals surface area contributed by atoms with Crippen LogP contribution in [-0.2, 0) is 11.2 Å². The highest BCUT2D eigenvalue weighted by atomic mass is 32.2. The van der Waals surface area contributed by atoms with Gasteiger partial charge in [0.2, 0.25) is 5.89 Å². The van der Waals surface area contributed by atoms with Crippen LogP contribution in [0.5, 0.6) is 0 Å². The fraction of sp³-hybridized carbons (Fsp3) is 0.357. The van der Waals surface area contributed by atoms with Crippen molar-refractivity contribution in [3.05, 3.63) is 41.5 Å². The summed E-state index contributed by atoms with van der Waals surface area (Å²) in [5.41, 5.74) is 0.124. The molecule has 0 aliphatic carbocycles. The van der Waals surface area contributed by atoms with Crippen LogP contribution in [-0.4, -0.2) is 21.2 Å². The molecule has 0 aliphatic heterocycles. The van der Waals surface area contributed by atoms with E-state index in [9.17, 15) is 4.79 Å². The van der Waals surface area contributed by atoms with Crippen molar-refractivity contribution in [1.82, 2.24) is 10.1 Å². The number of aromatic nitrogens is 2. The third-order valence-electron chi connectivity index (χ3n) is 2.61. The fourth-order valence-corrected chi connectivity index (χ4v) is 2.41. The van der Waals surface area contributed by atoms with Crippen molar-refractivity contribution >= 4 is 17.7 Å². The first-order chi connectivity index (χ1) is 9.38. The number of rotatable bonds is 4. The quantitative estimate of drug-likeness (QED) is 0.871. The zero-order valence-corrected chi connectivity index (χ0v) is 12.4. The van der Waals surface area contributed by atoms with Crippen LogP contribution in [0.15, 0.2) is 33.7 Å². The SMILES string of the molecule is CC(C)(C)c1noc(CSc2ccccc2C(=O)O)n1. The van der Waals surface area contributed by atoms with Crippen molar-refractivity contribution in [3.8, 4) is 0 Å². The zero-order valence-electron chi connectivity index (χ0n) is 11.6. The van der Waals surface area contributed by atoms with Gasteiger partial charge in [-0.05, 0) is 12.1 Å². The highest BCUT2D eigenvalue weighted by Gasteiger charge is 2.21. The lowest BCUT2D eigenvalue weighted by atomic mass is 9.96. The third kappa shape index (κ3) is 3.39. The number of thioether (sulfide) groups is 1. The van der Waals surface area contributed by atoms with Gasteiger partial charge in [-0.1, -0.05) is 38.1 Å². The molecule has 2 rings (SSSR count). The summed E-state index contributed by atoms with van der Waals surface area (Å²) >= 11 is 1.38. The van der Waals surface area contributed by atoms with Gasteiger partial charge in [-0.3, -0.25) is 0 Å². The molecule has 0 saturated carbocycles. The minimum absolute atomic E-state index is 0.161. The molecule has 0 saturated heterocycles. The smallest absolute Gasteiger partial charge is 0.336 e. The first-order valence-electron chi connectivity index (χ1n) is 6.16. The molecule has 0 atom stereocenters. The van der Waals surface area contributed by atoms with Crippen molar-refractivity contribution in [2.75, 3.05) is 0 Å². The van der Waals surface area contributed by atoms with Crippen molar-refractivity contribution < 1.29 is 14.4 Å². The second kappa shape index (κ2) is 5.66. The topological polar surface area (TPSA) is 76.2 Å². The standard InChI is InChI=1S/C14H16N2O3S/c1-14(2,3)13-15-11(19-16-13)8-20-10-7-5-4-6-9(10)12(17)18/h4-7H,8H2,1-3H3,(H,17,18). The Hall–Kier alpha value is -1.82. The Morgan fingerprint density at radius 2 is 2.05 bits per heavy atom. The maximum Gasteiger partial charge on any atom is 0.336 e. The molecule has 106 valence electrons. The summed E-state index contributed by atoms with van der Waals surface area (Å²) in [6, 6.07) is 6.87. The van der Waals surface area contributed by atoms with Gasteiger partial charge in [0.05, 0.1) is 11.3 Å². The average Bonchev–Trinajstić information content (AvgIpc) is 2.85. The molecule has 5 nitrogen and oxygen atoms in total. The molecular formula is C14H16N2O3S. The van der Waals surface area contributed by atoms with Gasteiger partial charge >= 0.3 is 5.97 Å². The number of hydrogen-bond donors (Lipinski definition) is 1. The first-order valence-corrected chi connectivity index (χ1v) is 7.14. The van der Waals surface area contributed by atoms with Crippen molar-refractivity contribution in [1.29, 1.82) is 0 Å². The monoisotopic (exact) mass is 292 g/mol. The van der Waals surface area contributed by atoms with Gasteiger partial charge in [-0.2, -0.15) is 4.98 Å². The van der Waals surface area contributed by atoms with E-state index in [-0.39, 0.29) is 11.0 Å². The van der Waals surface area contributed by atoms with Gasteiger partial charge < -0.3 is 9.63 Å². The lowest BCUT2D eigenvalue weighted by Gasteiger charge is -2.10. The van der Waals surface area contributed by atoms with Crippen molar-refractivity contribution in [3.63, 3.8) is 0 Å². The number of benzene rings is 1. The van der Waals surface area contributed by atoms with E-state index in [1.165, 1.54) is 11.8 Å². The van der Waals surface area contributed by atoms with Crippen molar-refractivity contribution in [2.45, 2.75) is 36.8 Å². The first kappa shape index (κ1) is 14.6. The summed E-state index contributed by atoms with van der Waals surface area (Å²) in [6.07, 6.45) is 0. The number of carboxylic acids is 1. The van der Waals surface area contributed by atoms with Crippen LogP contribution in [0.1, 0.15) is 42.8 Å². The largest absolute Gasteiger partial charge is 0.478 e. The van der Waals surface area contributed by atoms with Crippen LogP contribution in [0, 0.1) is 0 Å².